The number of carbonyl (C=O) groups is 3. The first-order valence-corrected chi connectivity index (χ1v) is 19.7. The van der Waals surface area contributed by atoms with E-state index in [1.54, 1.807) is 13.0 Å². The van der Waals surface area contributed by atoms with Crippen molar-refractivity contribution >= 4 is 29.1 Å². The normalized spacial score (nSPS) is 25.2. The highest BCUT2D eigenvalue weighted by molar-refractivity contribution is 7.10. The van der Waals surface area contributed by atoms with Gasteiger partial charge in [-0.3, -0.25) is 19.4 Å². The number of hydrogen-bond donors (Lipinski definition) is 1. The van der Waals surface area contributed by atoms with E-state index in [4.69, 9.17) is 9.47 Å². The molecule has 316 valence electrons. The van der Waals surface area contributed by atoms with Crippen molar-refractivity contribution in [2.75, 3.05) is 26.2 Å². The van der Waals surface area contributed by atoms with Crippen LogP contribution in [0.5, 0.6) is 5.75 Å². The van der Waals surface area contributed by atoms with Crippen LogP contribution in [0.3, 0.4) is 0 Å². The number of ether oxygens (including phenoxy) is 2. The second kappa shape index (κ2) is 16.6. The molecule has 58 heavy (non-hydrogen) atoms. The first kappa shape index (κ1) is 44.6. The van der Waals surface area contributed by atoms with Crippen molar-refractivity contribution in [1.29, 1.82) is 5.26 Å². The number of halogens is 7. The summed E-state index contributed by atoms with van der Waals surface area (Å²) in [6.45, 7) is 5.73. The first-order chi connectivity index (χ1) is 27.1. The van der Waals surface area contributed by atoms with Gasteiger partial charge in [0.1, 0.15) is 27.7 Å². The Bertz CT molecular complexity index is 1970. The van der Waals surface area contributed by atoms with Crippen LogP contribution in [0, 0.1) is 28.1 Å². The van der Waals surface area contributed by atoms with Crippen LogP contribution in [0.2, 0.25) is 0 Å². The van der Waals surface area contributed by atoms with Crippen molar-refractivity contribution in [1.82, 2.24) is 14.8 Å². The number of thiophene rings is 1. The molecule has 3 aliphatic rings. The van der Waals surface area contributed by atoms with Gasteiger partial charge in [0.15, 0.2) is 0 Å². The Balaban J connectivity index is 1.50. The molecule has 0 saturated carbocycles. The third-order valence-electron chi connectivity index (χ3n) is 11.6. The van der Waals surface area contributed by atoms with E-state index in [1.165, 1.54) is 37.8 Å². The predicted octanol–water partition coefficient (Wildman–Crippen LogP) is 8.85. The van der Waals surface area contributed by atoms with Crippen LogP contribution in [0.1, 0.15) is 93.6 Å². The predicted molar refractivity (Wildman–Crippen MR) is 197 cm³/mol. The van der Waals surface area contributed by atoms with Crippen LogP contribution in [0.25, 0.3) is 0 Å². The van der Waals surface area contributed by atoms with Crippen LogP contribution < -0.4 is 4.74 Å². The number of aromatic nitrogens is 1. The summed E-state index contributed by atoms with van der Waals surface area (Å²) in [4.78, 5) is 46.1. The van der Waals surface area contributed by atoms with Gasteiger partial charge in [-0.05, 0) is 71.1 Å². The number of pyridine rings is 1. The van der Waals surface area contributed by atoms with Gasteiger partial charge in [0, 0.05) is 56.2 Å². The zero-order chi connectivity index (χ0) is 42.9. The molecule has 2 aromatic heterocycles. The number of amides is 2. The lowest BCUT2D eigenvalue weighted by molar-refractivity contribution is -0.163. The minimum Gasteiger partial charge on any atom is -0.481 e. The van der Waals surface area contributed by atoms with Crippen LogP contribution in [0.15, 0.2) is 53.8 Å². The maximum atomic E-state index is 15.7. The Morgan fingerprint density at radius 3 is 2.36 bits per heavy atom. The molecule has 4 atom stereocenters. The molecule has 4 heterocycles. The molecule has 5 rings (SSSR count). The van der Waals surface area contributed by atoms with Crippen molar-refractivity contribution in [3.63, 3.8) is 0 Å². The smallest absolute Gasteiger partial charge is 0.425 e. The standard InChI is InChI=1S/C40H45F7N4O6S/c1-5-9-29-38(57-25-22-30(58-23-25)40(45,46)47,13-8-18-51(29)32(52)31-26(39(42,43)44)10-7-17-49-31)33(53)50-19-14-37(24-48,15-20-50)27-11-6-12-28(41)36(27,4)56-21-16-35(2,3)34(54)55/h6-7,10-12,17,22-23,27,29H,5,8-9,13-16,18-21H2,1-4H3,(H,54,55)/t27?,29-,36?,38+/m1/s1. The SMILES string of the molecule is CCC[C@H]1N(C(=O)c2ncccc2C(F)(F)F)CCC[C@@]1(Oc1csc(C(F)(F)F)c1)C(=O)N1CCC(C#N)(C2C=CC=C(F)C2(C)OCCC(C)(C)C(=O)O)CC1. The minimum atomic E-state index is -4.95. The van der Waals surface area contributed by atoms with Crippen LogP contribution in [0.4, 0.5) is 30.7 Å². The maximum absolute atomic E-state index is 15.7. The lowest BCUT2D eigenvalue weighted by atomic mass is 9.62. The van der Waals surface area contributed by atoms with Crippen molar-refractivity contribution in [2.45, 2.75) is 102 Å². The number of carboxylic acids is 1. The Labute approximate surface area is 335 Å². The van der Waals surface area contributed by atoms with E-state index in [1.807, 2.05) is 0 Å². The summed E-state index contributed by atoms with van der Waals surface area (Å²) in [6.07, 6.45) is -4.13. The monoisotopic (exact) mass is 842 g/mol. The third kappa shape index (κ3) is 8.61. The number of likely N-dealkylation sites (tertiary alicyclic amines) is 2. The molecule has 0 spiro atoms. The van der Waals surface area contributed by atoms with Crippen molar-refractivity contribution in [2.24, 2.45) is 16.7 Å². The Morgan fingerprint density at radius 1 is 1.09 bits per heavy atom. The van der Waals surface area contributed by atoms with Gasteiger partial charge < -0.3 is 24.4 Å². The van der Waals surface area contributed by atoms with Crippen molar-refractivity contribution in [3.8, 4) is 11.8 Å². The highest BCUT2D eigenvalue weighted by atomic mass is 32.1. The number of alkyl halides is 6. The minimum absolute atomic E-state index is 0.0186. The number of allylic oxidation sites excluding steroid dienone is 2. The molecule has 0 aromatic carbocycles. The summed E-state index contributed by atoms with van der Waals surface area (Å²) in [5.41, 5.74) is -8.44. The summed E-state index contributed by atoms with van der Waals surface area (Å²) < 4.78 is 112. The number of rotatable bonds is 12. The summed E-state index contributed by atoms with van der Waals surface area (Å²) in [7, 11) is 0. The third-order valence-corrected chi connectivity index (χ3v) is 12.6. The number of piperidine rings is 2. The number of carbonyl (C=O) groups excluding carboxylic acids is 2. The molecule has 2 amide bonds. The van der Waals surface area contributed by atoms with Gasteiger partial charge in [0.05, 0.1) is 28.5 Å². The molecule has 0 bridgehead atoms. The summed E-state index contributed by atoms with van der Waals surface area (Å²) in [5.74, 6) is -4.81. The van der Waals surface area contributed by atoms with E-state index in [0.717, 1.165) is 28.6 Å². The quantitative estimate of drug-likeness (QED) is 0.210. The largest absolute Gasteiger partial charge is 0.481 e. The van der Waals surface area contributed by atoms with Gasteiger partial charge in [-0.25, -0.2) is 4.39 Å². The number of nitrogens with zero attached hydrogens (tertiary/aromatic N) is 4. The Hall–Kier alpha value is -4.50. The second-order valence-corrected chi connectivity index (χ2v) is 16.7. The molecule has 2 aromatic rings. The van der Waals surface area contributed by atoms with Crippen LogP contribution in [-0.4, -0.2) is 81.2 Å². The lowest BCUT2D eigenvalue weighted by Gasteiger charge is -2.52. The van der Waals surface area contributed by atoms with E-state index in [2.05, 4.69) is 11.1 Å². The molecule has 0 radical (unpaired) electrons. The molecule has 1 N–H and O–H groups in total. The first-order valence-electron chi connectivity index (χ1n) is 18.9. The zero-order valence-electron chi connectivity index (χ0n) is 32.4. The number of carboxylic acid groups (broad SMARTS) is 1. The fourth-order valence-corrected chi connectivity index (χ4v) is 8.87. The molecule has 2 aliphatic heterocycles. The van der Waals surface area contributed by atoms with Crippen molar-refractivity contribution in [3.05, 3.63) is 70.0 Å². The molecule has 18 heteroatoms. The molecular formula is C40H45F7N4O6S. The van der Waals surface area contributed by atoms with Gasteiger partial charge >= 0.3 is 18.3 Å². The summed E-state index contributed by atoms with van der Waals surface area (Å²) >= 11 is 0.332. The van der Waals surface area contributed by atoms with Crippen LogP contribution >= 0.6 is 11.3 Å². The molecule has 2 unspecified atom stereocenters. The molecule has 10 nitrogen and oxygen atoms in total. The fraction of sp³-hybridized carbons (Fsp3) is 0.575. The molecular weight excluding hydrogens is 798 g/mol. The number of hydrogen-bond acceptors (Lipinski definition) is 8. The average Bonchev–Trinajstić information content (AvgIpc) is 3.65. The second-order valence-electron chi connectivity index (χ2n) is 15.8. The van der Waals surface area contributed by atoms with Gasteiger partial charge in [-0.2, -0.15) is 31.6 Å². The molecule has 2 fully saturated rings. The highest BCUT2D eigenvalue weighted by Crippen LogP contribution is 2.51. The zero-order valence-corrected chi connectivity index (χ0v) is 33.2. The Morgan fingerprint density at radius 2 is 1.78 bits per heavy atom. The van der Waals surface area contributed by atoms with E-state index in [0.29, 0.717) is 23.8 Å². The summed E-state index contributed by atoms with van der Waals surface area (Å²) in [5, 5.41) is 21.4. The number of aliphatic carboxylic acids is 1. The van der Waals surface area contributed by atoms with E-state index >= 15 is 9.18 Å². The van der Waals surface area contributed by atoms with E-state index < -0.39 is 86.1 Å². The molecule has 1 aliphatic carbocycles. The molecule has 2 saturated heterocycles. The van der Waals surface area contributed by atoms with Crippen LogP contribution in [-0.2, 0) is 26.7 Å². The van der Waals surface area contributed by atoms with Gasteiger partial charge in [-0.1, -0.05) is 25.5 Å². The summed E-state index contributed by atoms with van der Waals surface area (Å²) in [6, 6.07) is 3.56. The maximum Gasteiger partial charge on any atom is 0.425 e. The average molecular weight is 843 g/mol. The Kier molecular flexibility index (Phi) is 12.8. The van der Waals surface area contributed by atoms with Crippen molar-refractivity contribution < 1.29 is 59.7 Å². The van der Waals surface area contributed by atoms with Gasteiger partial charge in [-0.15, -0.1) is 11.3 Å². The number of nitriles is 1. The van der Waals surface area contributed by atoms with Gasteiger partial charge in [0.2, 0.25) is 5.60 Å². The highest BCUT2D eigenvalue weighted by Gasteiger charge is 2.59. The van der Waals surface area contributed by atoms with Gasteiger partial charge in [0.25, 0.3) is 11.8 Å². The fourth-order valence-electron chi connectivity index (χ4n) is 8.19. The lowest BCUT2D eigenvalue weighted by Crippen LogP contribution is -2.69. The van der Waals surface area contributed by atoms with E-state index in [9.17, 15) is 46.3 Å². The van der Waals surface area contributed by atoms with E-state index in [-0.39, 0.29) is 70.5 Å². The topological polar surface area (TPSA) is 133 Å².